The molecule has 98 valence electrons. The largest absolute Gasteiger partial charge is 0.497 e. The number of methoxy groups -OCH3 is 1. The van der Waals surface area contributed by atoms with Gasteiger partial charge in [-0.25, -0.2) is 4.79 Å². The lowest BCUT2D eigenvalue weighted by molar-refractivity contribution is -0.137. The number of hydrogen-bond acceptors (Lipinski definition) is 4. The summed E-state index contributed by atoms with van der Waals surface area (Å²) in [6.45, 7) is 2.83. The van der Waals surface area contributed by atoms with Crippen LogP contribution in [0.25, 0.3) is 0 Å². The second-order valence-electron chi connectivity index (χ2n) is 3.73. The first kappa shape index (κ1) is 14.1. The van der Waals surface area contributed by atoms with Crippen molar-refractivity contribution >= 4 is 11.7 Å². The van der Waals surface area contributed by atoms with Gasteiger partial charge >= 0.3 is 5.97 Å². The van der Waals surface area contributed by atoms with Crippen molar-refractivity contribution in [2.45, 2.75) is 6.92 Å². The van der Waals surface area contributed by atoms with Gasteiger partial charge in [0.25, 0.3) is 0 Å². The van der Waals surface area contributed by atoms with Crippen LogP contribution in [0.5, 0.6) is 5.75 Å². The molecular formula is C14H19NO3. The van der Waals surface area contributed by atoms with Crippen molar-refractivity contribution in [3.8, 4) is 5.75 Å². The van der Waals surface area contributed by atoms with E-state index in [2.05, 4.69) is 0 Å². The van der Waals surface area contributed by atoms with Gasteiger partial charge in [-0.2, -0.15) is 0 Å². The van der Waals surface area contributed by atoms with Crippen molar-refractivity contribution in [3.63, 3.8) is 0 Å². The zero-order valence-corrected chi connectivity index (χ0v) is 11.1. The molecule has 0 aliphatic heterocycles. The number of benzene rings is 1. The molecule has 0 saturated heterocycles. The molecule has 0 bridgehead atoms. The summed E-state index contributed by atoms with van der Waals surface area (Å²) >= 11 is 0. The maximum atomic E-state index is 11.1. The van der Waals surface area contributed by atoms with Crippen LogP contribution in [-0.4, -0.2) is 33.3 Å². The highest BCUT2D eigenvalue weighted by atomic mass is 16.5. The number of likely N-dealkylation sites (N-methyl/N-ethyl adjacent to an activating group) is 1. The van der Waals surface area contributed by atoms with Gasteiger partial charge in [0.15, 0.2) is 0 Å². The van der Waals surface area contributed by atoms with Crippen LogP contribution >= 0.6 is 0 Å². The SMILES string of the molecule is CCOC(=O)/C=C/CN(C)c1ccc(OC)cc1. The van der Waals surface area contributed by atoms with Crippen LogP contribution in [0.15, 0.2) is 36.4 Å². The highest BCUT2D eigenvalue weighted by molar-refractivity contribution is 5.81. The molecule has 4 nitrogen and oxygen atoms in total. The molecule has 0 aliphatic rings. The highest BCUT2D eigenvalue weighted by Gasteiger charge is 1.99. The Labute approximate surface area is 108 Å². The summed E-state index contributed by atoms with van der Waals surface area (Å²) in [5.74, 6) is 0.523. The van der Waals surface area contributed by atoms with Crippen molar-refractivity contribution in [1.82, 2.24) is 0 Å². The van der Waals surface area contributed by atoms with E-state index in [9.17, 15) is 4.79 Å². The number of rotatable bonds is 6. The summed E-state index contributed by atoms with van der Waals surface area (Å²) in [4.78, 5) is 13.1. The van der Waals surface area contributed by atoms with E-state index < -0.39 is 0 Å². The molecule has 0 spiro atoms. The predicted octanol–water partition coefficient (Wildman–Crippen LogP) is 2.25. The minimum Gasteiger partial charge on any atom is -0.497 e. The zero-order valence-electron chi connectivity index (χ0n) is 11.1. The van der Waals surface area contributed by atoms with Crippen molar-refractivity contribution in [1.29, 1.82) is 0 Å². The van der Waals surface area contributed by atoms with E-state index in [1.54, 1.807) is 20.1 Å². The van der Waals surface area contributed by atoms with E-state index in [1.165, 1.54) is 6.08 Å². The Bertz CT molecular complexity index is 398. The van der Waals surface area contributed by atoms with Gasteiger partial charge < -0.3 is 14.4 Å². The molecule has 0 aromatic heterocycles. The summed E-state index contributed by atoms with van der Waals surface area (Å²) in [6.07, 6.45) is 3.23. The molecular weight excluding hydrogens is 230 g/mol. The van der Waals surface area contributed by atoms with Gasteiger partial charge in [-0.3, -0.25) is 0 Å². The molecule has 4 heteroatoms. The third kappa shape index (κ3) is 4.49. The molecule has 1 aromatic carbocycles. The molecule has 0 aliphatic carbocycles. The highest BCUT2D eigenvalue weighted by Crippen LogP contribution is 2.17. The van der Waals surface area contributed by atoms with Crippen molar-refractivity contribution in [2.75, 3.05) is 32.2 Å². The van der Waals surface area contributed by atoms with Crippen LogP contribution in [0.1, 0.15) is 6.92 Å². The molecule has 0 atom stereocenters. The van der Waals surface area contributed by atoms with Crippen LogP contribution in [0.3, 0.4) is 0 Å². The average molecular weight is 249 g/mol. The van der Waals surface area contributed by atoms with Crippen LogP contribution in [0.4, 0.5) is 5.69 Å². The quantitative estimate of drug-likeness (QED) is 0.572. The van der Waals surface area contributed by atoms with Gasteiger partial charge in [0.05, 0.1) is 13.7 Å². The minimum atomic E-state index is -0.305. The van der Waals surface area contributed by atoms with E-state index in [4.69, 9.17) is 9.47 Å². The Kier molecular flexibility index (Phi) is 5.77. The van der Waals surface area contributed by atoms with Crippen LogP contribution in [-0.2, 0) is 9.53 Å². The summed E-state index contributed by atoms with van der Waals surface area (Å²) in [6, 6.07) is 7.75. The molecule has 0 fully saturated rings. The number of anilines is 1. The third-order valence-electron chi connectivity index (χ3n) is 2.43. The number of carbonyl (C=O) groups is 1. The Balaban J connectivity index is 2.49. The molecule has 0 radical (unpaired) electrons. The molecule has 1 rings (SSSR count). The van der Waals surface area contributed by atoms with Gasteiger partial charge in [0, 0.05) is 25.4 Å². The molecule has 1 aromatic rings. The van der Waals surface area contributed by atoms with Crippen molar-refractivity contribution in [2.24, 2.45) is 0 Å². The molecule has 0 heterocycles. The summed E-state index contributed by atoms with van der Waals surface area (Å²) in [5, 5.41) is 0. The second-order valence-corrected chi connectivity index (χ2v) is 3.73. The number of ether oxygens (including phenoxy) is 2. The molecule has 18 heavy (non-hydrogen) atoms. The summed E-state index contributed by atoms with van der Waals surface area (Å²) < 4.78 is 9.89. The fourth-order valence-corrected chi connectivity index (χ4v) is 1.44. The number of nitrogens with zero attached hydrogens (tertiary/aromatic N) is 1. The van der Waals surface area contributed by atoms with Crippen LogP contribution < -0.4 is 9.64 Å². The summed E-state index contributed by atoms with van der Waals surface area (Å²) in [7, 11) is 3.60. The van der Waals surface area contributed by atoms with Crippen LogP contribution in [0.2, 0.25) is 0 Å². The van der Waals surface area contributed by atoms with Crippen LogP contribution in [0, 0.1) is 0 Å². The fraction of sp³-hybridized carbons (Fsp3) is 0.357. The van der Waals surface area contributed by atoms with E-state index in [0.717, 1.165) is 11.4 Å². The maximum absolute atomic E-state index is 11.1. The number of esters is 1. The lowest BCUT2D eigenvalue weighted by atomic mass is 10.3. The molecule has 0 amide bonds. The summed E-state index contributed by atoms with van der Waals surface area (Å²) in [5.41, 5.74) is 1.06. The molecule has 0 saturated carbocycles. The predicted molar refractivity (Wildman–Crippen MR) is 72.0 cm³/mol. The first-order valence-electron chi connectivity index (χ1n) is 5.86. The maximum Gasteiger partial charge on any atom is 0.330 e. The van der Waals surface area contributed by atoms with E-state index in [-0.39, 0.29) is 5.97 Å². The monoisotopic (exact) mass is 249 g/mol. The lowest BCUT2D eigenvalue weighted by Crippen LogP contribution is -2.16. The Morgan fingerprint density at radius 3 is 2.56 bits per heavy atom. The number of hydrogen-bond donors (Lipinski definition) is 0. The van der Waals surface area contributed by atoms with Crippen molar-refractivity contribution in [3.05, 3.63) is 36.4 Å². The average Bonchev–Trinajstić information content (AvgIpc) is 2.39. The Morgan fingerprint density at radius 2 is 2.00 bits per heavy atom. The first-order valence-corrected chi connectivity index (χ1v) is 5.86. The molecule has 0 unspecified atom stereocenters. The third-order valence-corrected chi connectivity index (χ3v) is 2.43. The van der Waals surface area contributed by atoms with Gasteiger partial charge in [0.2, 0.25) is 0 Å². The minimum absolute atomic E-state index is 0.305. The number of carbonyl (C=O) groups excluding carboxylic acids is 1. The van der Waals surface area contributed by atoms with Gasteiger partial charge in [-0.15, -0.1) is 0 Å². The fourth-order valence-electron chi connectivity index (χ4n) is 1.44. The second kappa shape index (κ2) is 7.37. The van der Waals surface area contributed by atoms with E-state index >= 15 is 0 Å². The Hall–Kier alpha value is -1.97. The topological polar surface area (TPSA) is 38.8 Å². The molecule has 0 N–H and O–H groups in total. The lowest BCUT2D eigenvalue weighted by Gasteiger charge is -2.17. The normalized spacial score (nSPS) is 10.4. The van der Waals surface area contributed by atoms with Gasteiger partial charge in [0.1, 0.15) is 5.75 Å². The van der Waals surface area contributed by atoms with E-state index in [1.807, 2.05) is 36.2 Å². The first-order chi connectivity index (χ1) is 8.67. The van der Waals surface area contributed by atoms with E-state index in [0.29, 0.717) is 13.2 Å². The van der Waals surface area contributed by atoms with Gasteiger partial charge in [-0.05, 0) is 31.2 Å². The Morgan fingerprint density at radius 1 is 1.33 bits per heavy atom. The van der Waals surface area contributed by atoms with Crippen molar-refractivity contribution < 1.29 is 14.3 Å². The van der Waals surface area contributed by atoms with Gasteiger partial charge in [-0.1, -0.05) is 6.08 Å². The smallest absolute Gasteiger partial charge is 0.330 e. The standard InChI is InChI=1S/C14H19NO3/c1-4-18-14(16)6-5-11-15(2)12-7-9-13(17-3)10-8-12/h5-10H,4,11H2,1-3H3/b6-5+. The zero-order chi connectivity index (χ0) is 13.4.